The van der Waals surface area contributed by atoms with E-state index in [1.165, 1.54) is 0 Å². The molecule has 1 aromatic heterocycles. The SMILES string of the molecule is COc1ccc(-c2cnc(Br)cn2)c(OC)c1. The van der Waals surface area contributed by atoms with Gasteiger partial charge in [-0.1, -0.05) is 0 Å². The third-order valence-electron chi connectivity index (χ3n) is 2.30. The zero-order valence-corrected chi connectivity index (χ0v) is 11.1. The number of halogens is 1. The lowest BCUT2D eigenvalue weighted by atomic mass is 10.1. The molecule has 0 radical (unpaired) electrons. The van der Waals surface area contributed by atoms with Crippen molar-refractivity contribution in [3.63, 3.8) is 0 Å². The zero-order valence-electron chi connectivity index (χ0n) is 9.48. The smallest absolute Gasteiger partial charge is 0.132 e. The van der Waals surface area contributed by atoms with Crippen LogP contribution in [0.3, 0.4) is 0 Å². The van der Waals surface area contributed by atoms with E-state index in [0.717, 1.165) is 17.0 Å². The van der Waals surface area contributed by atoms with Crippen LogP contribution in [0.15, 0.2) is 35.2 Å². The number of ether oxygens (including phenoxy) is 2. The molecule has 2 rings (SSSR count). The van der Waals surface area contributed by atoms with E-state index in [2.05, 4.69) is 25.9 Å². The Hall–Kier alpha value is -1.62. The highest BCUT2D eigenvalue weighted by Gasteiger charge is 2.08. The van der Waals surface area contributed by atoms with Crippen LogP contribution >= 0.6 is 15.9 Å². The summed E-state index contributed by atoms with van der Waals surface area (Å²) < 4.78 is 11.2. The van der Waals surface area contributed by atoms with Gasteiger partial charge in [0.25, 0.3) is 0 Å². The molecule has 0 atom stereocenters. The highest BCUT2D eigenvalue weighted by Crippen LogP contribution is 2.31. The van der Waals surface area contributed by atoms with Crippen LogP contribution in [0, 0.1) is 0 Å². The molecule has 0 aliphatic heterocycles. The summed E-state index contributed by atoms with van der Waals surface area (Å²) in [5.41, 5.74) is 1.64. The lowest BCUT2D eigenvalue weighted by Gasteiger charge is -2.09. The second kappa shape index (κ2) is 5.14. The molecule has 0 bridgehead atoms. The van der Waals surface area contributed by atoms with Crippen molar-refractivity contribution in [1.29, 1.82) is 0 Å². The molecule has 0 amide bonds. The Morgan fingerprint density at radius 1 is 1.06 bits per heavy atom. The van der Waals surface area contributed by atoms with E-state index >= 15 is 0 Å². The van der Waals surface area contributed by atoms with E-state index < -0.39 is 0 Å². The molecule has 5 heteroatoms. The van der Waals surface area contributed by atoms with Crippen LogP contribution in [0.5, 0.6) is 11.5 Å². The molecule has 4 nitrogen and oxygen atoms in total. The second-order valence-electron chi connectivity index (χ2n) is 3.29. The van der Waals surface area contributed by atoms with E-state index in [1.807, 2.05) is 18.2 Å². The minimum Gasteiger partial charge on any atom is -0.497 e. The van der Waals surface area contributed by atoms with Gasteiger partial charge in [0.2, 0.25) is 0 Å². The lowest BCUT2D eigenvalue weighted by molar-refractivity contribution is 0.395. The second-order valence-corrected chi connectivity index (χ2v) is 4.10. The first-order valence-corrected chi connectivity index (χ1v) is 5.74. The van der Waals surface area contributed by atoms with Crippen LogP contribution in [-0.4, -0.2) is 24.2 Å². The average molecular weight is 295 g/mol. The first-order valence-electron chi connectivity index (χ1n) is 4.94. The van der Waals surface area contributed by atoms with E-state index in [4.69, 9.17) is 9.47 Å². The quantitative estimate of drug-likeness (QED) is 0.873. The Kier molecular flexibility index (Phi) is 3.58. The van der Waals surface area contributed by atoms with Gasteiger partial charge < -0.3 is 9.47 Å². The largest absolute Gasteiger partial charge is 0.497 e. The van der Waals surface area contributed by atoms with E-state index in [-0.39, 0.29) is 0 Å². The van der Waals surface area contributed by atoms with Gasteiger partial charge >= 0.3 is 0 Å². The normalized spacial score (nSPS) is 10.1. The molecule has 1 aromatic carbocycles. The predicted octanol–water partition coefficient (Wildman–Crippen LogP) is 2.92. The van der Waals surface area contributed by atoms with Gasteiger partial charge in [0.05, 0.1) is 32.3 Å². The molecule has 0 fully saturated rings. The lowest BCUT2D eigenvalue weighted by Crippen LogP contribution is -1.92. The van der Waals surface area contributed by atoms with Crippen molar-refractivity contribution >= 4 is 15.9 Å². The third-order valence-corrected chi connectivity index (χ3v) is 2.71. The Labute approximate surface area is 108 Å². The van der Waals surface area contributed by atoms with Gasteiger partial charge in [0, 0.05) is 11.6 Å². The van der Waals surface area contributed by atoms with Crippen molar-refractivity contribution in [2.24, 2.45) is 0 Å². The molecule has 0 saturated heterocycles. The zero-order chi connectivity index (χ0) is 12.3. The number of methoxy groups -OCH3 is 2. The Balaban J connectivity index is 2.47. The summed E-state index contributed by atoms with van der Waals surface area (Å²) in [6.07, 6.45) is 3.34. The Morgan fingerprint density at radius 3 is 2.47 bits per heavy atom. The maximum atomic E-state index is 5.31. The highest BCUT2D eigenvalue weighted by molar-refractivity contribution is 9.10. The van der Waals surface area contributed by atoms with E-state index in [0.29, 0.717) is 10.4 Å². The molecular formula is C12H11BrN2O2. The monoisotopic (exact) mass is 294 g/mol. The molecule has 0 spiro atoms. The summed E-state index contributed by atoms with van der Waals surface area (Å²) in [5, 5.41) is 0. The van der Waals surface area contributed by atoms with Crippen molar-refractivity contribution < 1.29 is 9.47 Å². The fourth-order valence-electron chi connectivity index (χ4n) is 1.46. The van der Waals surface area contributed by atoms with Gasteiger partial charge in [-0.25, -0.2) is 4.98 Å². The Morgan fingerprint density at radius 2 is 1.88 bits per heavy atom. The van der Waals surface area contributed by atoms with Crippen LogP contribution in [0.25, 0.3) is 11.3 Å². The molecule has 2 aromatic rings. The van der Waals surface area contributed by atoms with Crippen molar-refractivity contribution in [3.8, 4) is 22.8 Å². The first kappa shape index (κ1) is 11.9. The molecule has 0 aliphatic carbocycles. The Bertz CT molecular complexity index is 514. The minimum absolute atomic E-state index is 0.703. The standard InChI is InChI=1S/C12H11BrN2O2/c1-16-8-3-4-9(11(5-8)17-2)10-6-15-12(13)7-14-10/h3-7H,1-2H3. The van der Waals surface area contributed by atoms with Crippen LogP contribution in [0.2, 0.25) is 0 Å². The fourth-order valence-corrected chi connectivity index (χ4v) is 1.67. The summed E-state index contributed by atoms with van der Waals surface area (Å²) in [6.45, 7) is 0. The molecule has 0 unspecified atom stereocenters. The van der Waals surface area contributed by atoms with Gasteiger partial charge in [-0.15, -0.1) is 0 Å². The van der Waals surface area contributed by atoms with Gasteiger partial charge in [-0.3, -0.25) is 4.98 Å². The molecule has 0 aliphatic rings. The average Bonchev–Trinajstić information content (AvgIpc) is 2.39. The number of hydrogen-bond donors (Lipinski definition) is 0. The van der Waals surface area contributed by atoms with Crippen molar-refractivity contribution in [2.45, 2.75) is 0 Å². The molecule has 88 valence electrons. The number of rotatable bonds is 3. The molecular weight excluding hydrogens is 284 g/mol. The van der Waals surface area contributed by atoms with Crippen molar-refractivity contribution in [2.75, 3.05) is 14.2 Å². The third kappa shape index (κ3) is 2.55. The first-order chi connectivity index (χ1) is 8.24. The summed E-state index contributed by atoms with van der Waals surface area (Å²) in [6, 6.07) is 5.58. The number of nitrogens with zero attached hydrogens (tertiary/aromatic N) is 2. The maximum absolute atomic E-state index is 5.31. The van der Waals surface area contributed by atoms with E-state index in [1.54, 1.807) is 26.6 Å². The van der Waals surface area contributed by atoms with Crippen LogP contribution in [0.1, 0.15) is 0 Å². The summed E-state index contributed by atoms with van der Waals surface area (Å²) in [4.78, 5) is 8.42. The van der Waals surface area contributed by atoms with Gasteiger partial charge in [0.15, 0.2) is 0 Å². The molecule has 17 heavy (non-hydrogen) atoms. The maximum Gasteiger partial charge on any atom is 0.132 e. The summed E-state index contributed by atoms with van der Waals surface area (Å²) in [7, 11) is 3.23. The van der Waals surface area contributed by atoms with Crippen molar-refractivity contribution in [3.05, 3.63) is 35.2 Å². The number of aromatic nitrogens is 2. The predicted molar refractivity (Wildman–Crippen MR) is 68.3 cm³/mol. The van der Waals surface area contributed by atoms with Crippen LogP contribution < -0.4 is 9.47 Å². The number of benzene rings is 1. The molecule has 0 saturated carbocycles. The fraction of sp³-hybridized carbons (Fsp3) is 0.167. The number of hydrogen-bond acceptors (Lipinski definition) is 4. The highest BCUT2D eigenvalue weighted by atomic mass is 79.9. The minimum atomic E-state index is 0.703. The van der Waals surface area contributed by atoms with Crippen LogP contribution in [0.4, 0.5) is 0 Å². The van der Waals surface area contributed by atoms with Gasteiger partial charge in [-0.2, -0.15) is 0 Å². The van der Waals surface area contributed by atoms with Gasteiger partial charge in [-0.05, 0) is 28.1 Å². The summed E-state index contributed by atoms with van der Waals surface area (Å²) >= 11 is 3.25. The topological polar surface area (TPSA) is 44.2 Å². The summed E-state index contributed by atoms with van der Waals surface area (Å²) in [5.74, 6) is 1.46. The van der Waals surface area contributed by atoms with Crippen LogP contribution in [-0.2, 0) is 0 Å². The molecule has 1 heterocycles. The van der Waals surface area contributed by atoms with E-state index in [9.17, 15) is 0 Å². The van der Waals surface area contributed by atoms with Crippen molar-refractivity contribution in [1.82, 2.24) is 9.97 Å². The van der Waals surface area contributed by atoms with Gasteiger partial charge in [0.1, 0.15) is 16.1 Å². The molecule has 0 N–H and O–H groups in total.